The standard InChI is InChI=1S/C20H32N2O3/c23-14-19(25)21-12-16-5-10-22(17(16)13-21)18(24)11-15-3-8-20(9-4-15)6-1-2-7-20/h15-17,23H,1-14H2/t16-,17+/m0/s1. The second-order valence-electron chi connectivity index (χ2n) is 9.01. The second-order valence-corrected chi connectivity index (χ2v) is 9.01. The van der Waals surface area contributed by atoms with Crippen molar-refractivity contribution in [3.63, 3.8) is 0 Å². The molecule has 2 saturated carbocycles. The molecule has 2 heterocycles. The largest absolute Gasteiger partial charge is 0.387 e. The number of carbonyl (C=O) groups excluding carboxylic acids is 2. The van der Waals surface area contributed by atoms with Crippen LogP contribution in [0.25, 0.3) is 0 Å². The van der Waals surface area contributed by atoms with Gasteiger partial charge in [-0.25, -0.2) is 0 Å². The second kappa shape index (κ2) is 6.90. The first-order chi connectivity index (χ1) is 12.1. The van der Waals surface area contributed by atoms with E-state index in [-0.39, 0.29) is 11.9 Å². The number of nitrogens with zero attached hydrogens (tertiary/aromatic N) is 2. The van der Waals surface area contributed by atoms with E-state index in [0.717, 1.165) is 13.0 Å². The molecular formula is C20H32N2O3. The minimum Gasteiger partial charge on any atom is -0.387 e. The average Bonchev–Trinajstić information content (AvgIpc) is 3.32. The molecule has 0 bridgehead atoms. The smallest absolute Gasteiger partial charge is 0.248 e. The molecule has 0 aromatic heterocycles. The summed E-state index contributed by atoms with van der Waals surface area (Å²) < 4.78 is 0. The number of rotatable bonds is 3. The predicted octanol–water partition coefficient (Wildman–Crippen LogP) is 2.18. The Morgan fingerprint density at radius 1 is 0.960 bits per heavy atom. The van der Waals surface area contributed by atoms with Crippen LogP contribution in [0.1, 0.15) is 64.2 Å². The van der Waals surface area contributed by atoms with Crippen LogP contribution in [0, 0.1) is 17.3 Å². The SMILES string of the molecule is O=C(CO)N1C[C@@H]2CCN(C(=O)CC3CCC4(CCCC4)CC3)[C@@H]2C1. The maximum absolute atomic E-state index is 12.9. The Balaban J connectivity index is 1.29. The number of aliphatic hydroxyl groups is 1. The van der Waals surface area contributed by atoms with Gasteiger partial charge in [-0.2, -0.15) is 0 Å². The molecule has 0 aromatic carbocycles. The van der Waals surface area contributed by atoms with Gasteiger partial charge >= 0.3 is 0 Å². The Morgan fingerprint density at radius 3 is 2.36 bits per heavy atom. The lowest BCUT2D eigenvalue weighted by Crippen LogP contribution is -2.42. The van der Waals surface area contributed by atoms with Crippen LogP contribution >= 0.6 is 0 Å². The molecule has 0 radical (unpaired) electrons. The lowest BCUT2D eigenvalue weighted by molar-refractivity contribution is -0.136. The first-order valence-corrected chi connectivity index (χ1v) is 10.3. The van der Waals surface area contributed by atoms with Crippen molar-refractivity contribution in [1.29, 1.82) is 0 Å². The van der Waals surface area contributed by atoms with Gasteiger partial charge < -0.3 is 14.9 Å². The first-order valence-electron chi connectivity index (χ1n) is 10.3. The summed E-state index contributed by atoms with van der Waals surface area (Å²) in [5.74, 6) is 1.08. The lowest BCUT2D eigenvalue weighted by Gasteiger charge is -2.37. The summed E-state index contributed by atoms with van der Waals surface area (Å²) >= 11 is 0. The van der Waals surface area contributed by atoms with Crippen LogP contribution in [-0.2, 0) is 9.59 Å². The fourth-order valence-corrected chi connectivity index (χ4v) is 6.06. The summed E-state index contributed by atoms with van der Waals surface area (Å²) in [6, 6.07) is 0.188. The zero-order chi connectivity index (χ0) is 17.4. The number of amides is 2. The third-order valence-electron chi connectivity index (χ3n) is 7.65. The van der Waals surface area contributed by atoms with E-state index in [4.69, 9.17) is 5.11 Å². The molecule has 1 spiro atoms. The zero-order valence-corrected chi connectivity index (χ0v) is 15.3. The molecule has 2 aliphatic carbocycles. The maximum atomic E-state index is 12.9. The van der Waals surface area contributed by atoms with Gasteiger partial charge in [-0.3, -0.25) is 9.59 Å². The van der Waals surface area contributed by atoms with Crippen LogP contribution in [0.2, 0.25) is 0 Å². The molecule has 0 aromatic rings. The minimum absolute atomic E-state index is 0.188. The monoisotopic (exact) mass is 348 g/mol. The first kappa shape index (κ1) is 17.3. The van der Waals surface area contributed by atoms with E-state index in [1.165, 1.54) is 51.4 Å². The fraction of sp³-hybridized carbons (Fsp3) is 0.900. The fourth-order valence-electron chi connectivity index (χ4n) is 6.06. The van der Waals surface area contributed by atoms with Gasteiger partial charge in [0.15, 0.2) is 0 Å². The number of hydrogen-bond donors (Lipinski definition) is 1. The van der Waals surface area contributed by atoms with Crippen LogP contribution < -0.4 is 0 Å². The number of fused-ring (bicyclic) bond motifs is 1. The van der Waals surface area contributed by atoms with Crippen molar-refractivity contribution in [3.05, 3.63) is 0 Å². The highest BCUT2D eigenvalue weighted by atomic mass is 16.3. The van der Waals surface area contributed by atoms with Crippen molar-refractivity contribution in [1.82, 2.24) is 9.80 Å². The molecule has 1 N–H and O–H groups in total. The van der Waals surface area contributed by atoms with E-state index in [1.54, 1.807) is 4.90 Å². The van der Waals surface area contributed by atoms with Crippen molar-refractivity contribution in [2.75, 3.05) is 26.2 Å². The molecule has 5 heteroatoms. The molecule has 2 aliphatic heterocycles. The van der Waals surface area contributed by atoms with Crippen molar-refractivity contribution >= 4 is 11.8 Å². The molecule has 5 nitrogen and oxygen atoms in total. The van der Waals surface area contributed by atoms with Gasteiger partial charge in [-0.1, -0.05) is 12.8 Å². The van der Waals surface area contributed by atoms with Crippen LogP contribution in [-0.4, -0.2) is 59.0 Å². The molecule has 4 fully saturated rings. The van der Waals surface area contributed by atoms with E-state index in [9.17, 15) is 9.59 Å². The van der Waals surface area contributed by atoms with Crippen molar-refractivity contribution < 1.29 is 14.7 Å². The van der Waals surface area contributed by atoms with Gasteiger partial charge in [0.2, 0.25) is 11.8 Å². The predicted molar refractivity (Wildman–Crippen MR) is 94.7 cm³/mol. The van der Waals surface area contributed by atoms with Gasteiger partial charge in [-0.05, 0) is 56.3 Å². The van der Waals surface area contributed by atoms with E-state index < -0.39 is 6.61 Å². The summed E-state index contributed by atoms with van der Waals surface area (Å²) in [6.45, 7) is 1.76. The average molecular weight is 348 g/mol. The molecule has 2 saturated heterocycles. The highest BCUT2D eigenvalue weighted by Crippen LogP contribution is 2.50. The molecule has 2 amide bonds. The summed E-state index contributed by atoms with van der Waals surface area (Å²) in [4.78, 5) is 28.4. The minimum atomic E-state index is -0.419. The van der Waals surface area contributed by atoms with Gasteiger partial charge in [0.05, 0.1) is 6.04 Å². The molecule has 4 aliphatic rings. The quantitative estimate of drug-likeness (QED) is 0.850. The third-order valence-corrected chi connectivity index (χ3v) is 7.65. The highest BCUT2D eigenvalue weighted by Gasteiger charge is 2.45. The van der Waals surface area contributed by atoms with Gasteiger partial charge in [-0.15, -0.1) is 0 Å². The molecular weight excluding hydrogens is 316 g/mol. The molecule has 140 valence electrons. The molecule has 2 atom stereocenters. The van der Waals surface area contributed by atoms with Crippen LogP contribution in [0.4, 0.5) is 0 Å². The van der Waals surface area contributed by atoms with Crippen molar-refractivity contribution in [2.24, 2.45) is 17.3 Å². The molecule has 0 unspecified atom stereocenters. The summed E-state index contributed by atoms with van der Waals surface area (Å²) in [6.07, 6.45) is 12.5. The Labute approximate surface area is 150 Å². The summed E-state index contributed by atoms with van der Waals surface area (Å²) in [5, 5.41) is 9.07. The summed E-state index contributed by atoms with van der Waals surface area (Å²) in [7, 11) is 0. The normalized spacial score (nSPS) is 31.7. The van der Waals surface area contributed by atoms with E-state index in [0.29, 0.717) is 42.7 Å². The number of likely N-dealkylation sites (tertiary alicyclic amines) is 2. The highest BCUT2D eigenvalue weighted by molar-refractivity contribution is 5.79. The van der Waals surface area contributed by atoms with Crippen LogP contribution in [0.15, 0.2) is 0 Å². The maximum Gasteiger partial charge on any atom is 0.248 e. The van der Waals surface area contributed by atoms with Gasteiger partial charge in [0.1, 0.15) is 6.61 Å². The Kier molecular flexibility index (Phi) is 4.78. The van der Waals surface area contributed by atoms with E-state index >= 15 is 0 Å². The molecule has 4 rings (SSSR count). The van der Waals surface area contributed by atoms with Crippen molar-refractivity contribution in [2.45, 2.75) is 70.3 Å². The van der Waals surface area contributed by atoms with Gasteiger partial charge in [0, 0.05) is 32.0 Å². The van der Waals surface area contributed by atoms with Crippen LogP contribution in [0.3, 0.4) is 0 Å². The van der Waals surface area contributed by atoms with E-state index in [2.05, 4.69) is 4.90 Å². The number of aliphatic hydroxyl groups excluding tert-OH is 1. The Morgan fingerprint density at radius 2 is 1.68 bits per heavy atom. The number of hydrogen-bond acceptors (Lipinski definition) is 3. The zero-order valence-electron chi connectivity index (χ0n) is 15.3. The van der Waals surface area contributed by atoms with Crippen LogP contribution in [0.5, 0.6) is 0 Å². The molecule has 25 heavy (non-hydrogen) atoms. The van der Waals surface area contributed by atoms with E-state index in [1.807, 2.05) is 0 Å². The Hall–Kier alpha value is -1.10. The number of carbonyl (C=O) groups is 2. The third kappa shape index (κ3) is 3.32. The van der Waals surface area contributed by atoms with Crippen molar-refractivity contribution in [3.8, 4) is 0 Å². The van der Waals surface area contributed by atoms with Gasteiger partial charge in [0.25, 0.3) is 0 Å². The Bertz CT molecular complexity index is 519. The topological polar surface area (TPSA) is 60.9 Å². The lowest BCUT2D eigenvalue weighted by atomic mass is 9.69. The summed E-state index contributed by atoms with van der Waals surface area (Å²) in [5.41, 5.74) is 0.634.